The zero-order valence-corrected chi connectivity index (χ0v) is 18.0. The normalized spacial score (nSPS) is 11.7. The number of ether oxygens (including phenoxy) is 2. The Hall–Kier alpha value is -3.76. The first-order chi connectivity index (χ1) is 15.4. The van der Waals surface area contributed by atoms with E-state index in [-0.39, 0.29) is 27.9 Å². The van der Waals surface area contributed by atoms with Gasteiger partial charge in [-0.05, 0) is 54.8 Å². The van der Waals surface area contributed by atoms with Crippen LogP contribution in [0, 0.1) is 10.1 Å². The molecule has 0 aliphatic carbocycles. The predicted molar refractivity (Wildman–Crippen MR) is 116 cm³/mol. The Labute approximate surface area is 190 Å². The predicted octanol–water partition coefficient (Wildman–Crippen LogP) is 6.07. The van der Waals surface area contributed by atoms with Crippen LogP contribution in [0.4, 0.5) is 5.69 Å². The average molecular weight is 472 g/mol. The van der Waals surface area contributed by atoms with Gasteiger partial charge in [-0.1, -0.05) is 17.7 Å². The van der Waals surface area contributed by atoms with E-state index in [4.69, 9.17) is 25.5 Å². The highest BCUT2D eigenvalue weighted by Crippen LogP contribution is 2.33. The Balaban J connectivity index is 1.42. The SMILES string of the molecule is CC(OC(=O)c1ccc(Oc2ccc(Cl)cc2[N+](=O)[O-])cc1)c1nnc(-c2cccs2)o1. The summed E-state index contributed by atoms with van der Waals surface area (Å²) in [7, 11) is 0. The molecular formula is C21H14ClN3O6S. The molecule has 0 aliphatic heterocycles. The van der Waals surface area contributed by atoms with Gasteiger partial charge in [0.25, 0.3) is 11.8 Å². The molecule has 1 atom stereocenters. The number of nitro groups is 1. The van der Waals surface area contributed by atoms with Crippen LogP contribution in [0.2, 0.25) is 5.02 Å². The minimum Gasteiger partial charge on any atom is -0.450 e. The van der Waals surface area contributed by atoms with Crippen molar-refractivity contribution >= 4 is 34.6 Å². The molecule has 0 aliphatic rings. The molecule has 2 aromatic carbocycles. The summed E-state index contributed by atoms with van der Waals surface area (Å²) in [5.74, 6) is 0.267. The Bertz CT molecular complexity index is 1260. The van der Waals surface area contributed by atoms with Crippen LogP contribution in [0.5, 0.6) is 11.5 Å². The molecule has 0 saturated heterocycles. The molecule has 1 unspecified atom stereocenters. The molecule has 0 N–H and O–H groups in total. The molecule has 0 amide bonds. The largest absolute Gasteiger partial charge is 0.450 e. The molecule has 0 spiro atoms. The van der Waals surface area contributed by atoms with Gasteiger partial charge in [0.1, 0.15) is 5.75 Å². The Morgan fingerprint density at radius 2 is 1.97 bits per heavy atom. The second-order valence-electron chi connectivity index (χ2n) is 6.47. The fourth-order valence-corrected chi connectivity index (χ4v) is 3.49. The van der Waals surface area contributed by atoms with Gasteiger partial charge in [-0.15, -0.1) is 21.5 Å². The minimum atomic E-state index is -0.753. The lowest BCUT2D eigenvalue weighted by molar-refractivity contribution is -0.385. The third-order valence-corrected chi connectivity index (χ3v) is 5.33. The van der Waals surface area contributed by atoms with Crippen molar-refractivity contribution in [1.29, 1.82) is 0 Å². The number of carbonyl (C=O) groups excluding carboxylic acids is 1. The number of rotatable bonds is 7. The zero-order chi connectivity index (χ0) is 22.7. The van der Waals surface area contributed by atoms with E-state index in [0.29, 0.717) is 11.6 Å². The molecular weight excluding hydrogens is 458 g/mol. The van der Waals surface area contributed by atoms with Crippen LogP contribution in [-0.2, 0) is 4.74 Å². The second kappa shape index (κ2) is 9.16. The van der Waals surface area contributed by atoms with E-state index in [2.05, 4.69) is 10.2 Å². The maximum atomic E-state index is 12.5. The monoisotopic (exact) mass is 471 g/mol. The van der Waals surface area contributed by atoms with Crippen molar-refractivity contribution in [3.63, 3.8) is 0 Å². The number of nitrogens with zero attached hydrogens (tertiary/aromatic N) is 3. The summed E-state index contributed by atoms with van der Waals surface area (Å²) in [5, 5.41) is 21.2. The van der Waals surface area contributed by atoms with E-state index >= 15 is 0 Å². The average Bonchev–Trinajstić information content (AvgIpc) is 3.47. The lowest BCUT2D eigenvalue weighted by Crippen LogP contribution is -2.09. The minimum absolute atomic E-state index is 0.0290. The fraction of sp³-hybridized carbons (Fsp3) is 0.0952. The van der Waals surface area contributed by atoms with Gasteiger partial charge < -0.3 is 13.9 Å². The standard InChI is InChI=1S/C21H14ClN3O6S/c1-12(19-23-24-20(31-19)18-3-2-10-32-18)29-21(26)13-4-7-15(8-5-13)30-17-9-6-14(22)11-16(17)25(27)28/h2-12H,1H3. The summed E-state index contributed by atoms with van der Waals surface area (Å²) in [6.45, 7) is 1.63. The smallest absolute Gasteiger partial charge is 0.338 e. The number of halogens is 1. The van der Waals surface area contributed by atoms with Gasteiger partial charge in [0.2, 0.25) is 5.75 Å². The molecule has 32 heavy (non-hydrogen) atoms. The van der Waals surface area contributed by atoms with Crippen LogP contribution in [0.1, 0.15) is 29.3 Å². The van der Waals surface area contributed by atoms with Crippen LogP contribution in [0.25, 0.3) is 10.8 Å². The van der Waals surface area contributed by atoms with E-state index in [1.165, 1.54) is 53.8 Å². The molecule has 9 nitrogen and oxygen atoms in total. The molecule has 4 rings (SSSR count). The molecule has 4 aromatic rings. The molecule has 2 aromatic heterocycles. The highest BCUT2D eigenvalue weighted by Gasteiger charge is 2.21. The maximum absolute atomic E-state index is 12.5. The van der Waals surface area contributed by atoms with Gasteiger partial charge in [-0.25, -0.2) is 4.79 Å². The summed E-state index contributed by atoms with van der Waals surface area (Å²) >= 11 is 7.26. The number of esters is 1. The van der Waals surface area contributed by atoms with Gasteiger partial charge in [0.05, 0.1) is 15.4 Å². The summed E-state index contributed by atoms with van der Waals surface area (Å²) in [4.78, 5) is 23.9. The summed E-state index contributed by atoms with van der Waals surface area (Å²) in [6, 6.07) is 13.8. The van der Waals surface area contributed by atoms with Crippen molar-refractivity contribution in [3.05, 3.63) is 86.6 Å². The van der Waals surface area contributed by atoms with Crippen LogP contribution in [0.3, 0.4) is 0 Å². The number of benzene rings is 2. The van der Waals surface area contributed by atoms with E-state index in [9.17, 15) is 14.9 Å². The molecule has 11 heteroatoms. The first-order valence-electron chi connectivity index (χ1n) is 9.21. The number of nitro benzene ring substituents is 1. The van der Waals surface area contributed by atoms with Gasteiger partial charge in [-0.2, -0.15) is 0 Å². The van der Waals surface area contributed by atoms with Crippen LogP contribution < -0.4 is 4.74 Å². The second-order valence-corrected chi connectivity index (χ2v) is 7.85. The molecule has 2 heterocycles. The fourth-order valence-electron chi connectivity index (χ4n) is 2.68. The number of hydrogen-bond donors (Lipinski definition) is 0. The lowest BCUT2D eigenvalue weighted by atomic mass is 10.2. The number of aromatic nitrogens is 2. The van der Waals surface area contributed by atoms with Crippen LogP contribution >= 0.6 is 22.9 Å². The van der Waals surface area contributed by atoms with Gasteiger partial charge in [0, 0.05) is 11.1 Å². The molecule has 0 saturated carbocycles. The summed E-state index contributed by atoms with van der Waals surface area (Å²) in [5.41, 5.74) is -0.0101. The maximum Gasteiger partial charge on any atom is 0.338 e. The van der Waals surface area contributed by atoms with Gasteiger partial charge in [-0.3, -0.25) is 10.1 Å². The quantitative estimate of drug-likeness (QED) is 0.181. The third-order valence-electron chi connectivity index (χ3n) is 4.24. The van der Waals surface area contributed by atoms with Crippen molar-refractivity contribution in [1.82, 2.24) is 10.2 Å². The molecule has 0 fully saturated rings. The van der Waals surface area contributed by atoms with Crippen molar-refractivity contribution in [2.24, 2.45) is 0 Å². The summed E-state index contributed by atoms with van der Waals surface area (Å²) in [6.07, 6.45) is -0.753. The highest BCUT2D eigenvalue weighted by atomic mass is 35.5. The van der Waals surface area contributed by atoms with Crippen molar-refractivity contribution < 1.29 is 23.6 Å². The number of hydrogen-bond acceptors (Lipinski definition) is 9. The zero-order valence-electron chi connectivity index (χ0n) is 16.4. The molecule has 0 radical (unpaired) electrons. The van der Waals surface area contributed by atoms with Gasteiger partial charge in [0.15, 0.2) is 6.10 Å². The van der Waals surface area contributed by atoms with E-state index in [0.717, 1.165) is 4.88 Å². The van der Waals surface area contributed by atoms with E-state index in [1.807, 2.05) is 17.5 Å². The molecule has 0 bridgehead atoms. The van der Waals surface area contributed by atoms with Crippen molar-refractivity contribution in [3.8, 4) is 22.3 Å². The first kappa shape index (κ1) is 21.5. The van der Waals surface area contributed by atoms with Crippen molar-refractivity contribution in [2.45, 2.75) is 13.0 Å². The van der Waals surface area contributed by atoms with Crippen molar-refractivity contribution in [2.75, 3.05) is 0 Å². The topological polar surface area (TPSA) is 118 Å². The summed E-state index contributed by atoms with van der Waals surface area (Å²) < 4.78 is 16.5. The first-order valence-corrected chi connectivity index (χ1v) is 10.5. The Morgan fingerprint density at radius 1 is 1.19 bits per heavy atom. The third kappa shape index (κ3) is 4.76. The van der Waals surface area contributed by atoms with Crippen LogP contribution in [-0.4, -0.2) is 21.1 Å². The molecule has 162 valence electrons. The van der Waals surface area contributed by atoms with Gasteiger partial charge >= 0.3 is 11.7 Å². The highest BCUT2D eigenvalue weighted by molar-refractivity contribution is 7.13. The van der Waals surface area contributed by atoms with E-state index in [1.54, 1.807) is 6.92 Å². The number of thiophene rings is 1. The lowest BCUT2D eigenvalue weighted by Gasteiger charge is -2.10. The Kier molecular flexibility index (Phi) is 6.15. The van der Waals surface area contributed by atoms with E-state index < -0.39 is 17.0 Å². The Morgan fingerprint density at radius 3 is 2.66 bits per heavy atom. The van der Waals surface area contributed by atoms with Crippen LogP contribution in [0.15, 0.2) is 64.4 Å². The number of carbonyl (C=O) groups is 1.